The Kier molecular flexibility index (Phi) is 2.77. The topological polar surface area (TPSA) is 38.0 Å². The molecular weight excluding hydrogens is 178 g/mol. The predicted octanol–water partition coefficient (Wildman–Crippen LogP) is 1.58. The molecule has 3 nitrogen and oxygen atoms in total. The van der Waals surface area contributed by atoms with Crippen molar-refractivity contribution in [3.63, 3.8) is 0 Å². The van der Waals surface area contributed by atoms with Crippen LogP contribution in [0.5, 0.6) is 0 Å². The van der Waals surface area contributed by atoms with Gasteiger partial charge in [-0.25, -0.2) is 8.78 Å². The second-order valence-electron chi connectivity index (χ2n) is 2.62. The molecule has 1 unspecified atom stereocenters. The second-order valence-corrected chi connectivity index (χ2v) is 2.62. The Bertz CT molecular complexity index is 309. The van der Waals surface area contributed by atoms with Crippen LogP contribution in [0.4, 0.5) is 8.78 Å². The van der Waals surface area contributed by atoms with Crippen LogP contribution in [0.2, 0.25) is 0 Å². The fourth-order valence-electron chi connectivity index (χ4n) is 1.05. The molecule has 0 bridgehead atoms. The summed E-state index contributed by atoms with van der Waals surface area (Å²) in [5, 5.41) is 12.8. The van der Waals surface area contributed by atoms with Crippen molar-refractivity contribution in [2.75, 3.05) is 0 Å². The third-order valence-corrected chi connectivity index (χ3v) is 1.64. The summed E-state index contributed by atoms with van der Waals surface area (Å²) in [5.41, 5.74) is -0.289. The summed E-state index contributed by atoms with van der Waals surface area (Å²) in [6, 6.07) is 0. The van der Waals surface area contributed by atoms with E-state index in [0.717, 1.165) is 0 Å². The molecule has 0 fully saturated rings. The van der Waals surface area contributed by atoms with Gasteiger partial charge in [-0.1, -0.05) is 6.08 Å². The maximum atomic E-state index is 12.3. The number of nitrogens with zero attached hydrogens (tertiary/aromatic N) is 2. The lowest BCUT2D eigenvalue weighted by atomic mass is 10.1. The molecule has 0 saturated heterocycles. The number of halogens is 2. The third kappa shape index (κ3) is 1.92. The van der Waals surface area contributed by atoms with Gasteiger partial charge < -0.3 is 5.11 Å². The maximum Gasteiger partial charge on any atom is 0.282 e. The van der Waals surface area contributed by atoms with Gasteiger partial charge in [0.15, 0.2) is 0 Å². The van der Waals surface area contributed by atoms with Gasteiger partial charge >= 0.3 is 0 Å². The van der Waals surface area contributed by atoms with Crippen LogP contribution in [0.15, 0.2) is 18.9 Å². The highest BCUT2D eigenvalue weighted by molar-refractivity contribution is 5.23. The number of alkyl halides is 2. The van der Waals surface area contributed by atoms with Crippen LogP contribution >= 0.6 is 0 Å². The van der Waals surface area contributed by atoms with Gasteiger partial charge in [0.05, 0.1) is 0 Å². The van der Waals surface area contributed by atoms with Gasteiger partial charge in [0.2, 0.25) is 0 Å². The molecule has 0 radical (unpaired) electrons. The number of aliphatic hydroxyl groups is 1. The first-order valence-corrected chi connectivity index (χ1v) is 3.68. The van der Waals surface area contributed by atoms with E-state index in [2.05, 4.69) is 11.7 Å². The summed E-state index contributed by atoms with van der Waals surface area (Å²) < 4.78 is 25.9. The Hall–Kier alpha value is -1.23. The standard InChI is InChI=1S/C8H10F2N2O/c1-3-6(13)5-4-12(2)11-7(5)8(9)10/h3-4,6,8,13H,1H2,2H3. The summed E-state index contributed by atoms with van der Waals surface area (Å²) in [4.78, 5) is 0. The Balaban J connectivity index is 3.11. The largest absolute Gasteiger partial charge is 0.384 e. The average molecular weight is 188 g/mol. The Morgan fingerprint density at radius 1 is 1.69 bits per heavy atom. The minimum atomic E-state index is -2.68. The summed E-state index contributed by atoms with van der Waals surface area (Å²) in [6.45, 7) is 3.31. The molecule has 0 aromatic carbocycles. The van der Waals surface area contributed by atoms with E-state index in [1.807, 2.05) is 0 Å². The zero-order chi connectivity index (χ0) is 10.0. The monoisotopic (exact) mass is 188 g/mol. The van der Waals surface area contributed by atoms with Gasteiger partial charge in [-0.05, 0) is 0 Å². The maximum absolute atomic E-state index is 12.3. The van der Waals surface area contributed by atoms with Crippen molar-refractivity contribution in [1.82, 2.24) is 9.78 Å². The highest BCUT2D eigenvalue weighted by Gasteiger charge is 2.20. The molecule has 1 aromatic rings. The van der Waals surface area contributed by atoms with Gasteiger partial charge in [0, 0.05) is 18.8 Å². The van der Waals surface area contributed by atoms with Crippen LogP contribution in [-0.4, -0.2) is 14.9 Å². The Labute approximate surface area is 74.3 Å². The molecule has 0 saturated carbocycles. The van der Waals surface area contributed by atoms with E-state index in [9.17, 15) is 13.9 Å². The van der Waals surface area contributed by atoms with Gasteiger partial charge in [-0.3, -0.25) is 4.68 Å². The molecule has 1 N–H and O–H groups in total. The Morgan fingerprint density at radius 3 is 2.77 bits per heavy atom. The van der Waals surface area contributed by atoms with Gasteiger partial charge in [-0.2, -0.15) is 5.10 Å². The van der Waals surface area contributed by atoms with Crippen LogP contribution in [0, 0.1) is 0 Å². The highest BCUT2D eigenvalue weighted by atomic mass is 19.3. The van der Waals surface area contributed by atoms with Crippen molar-refractivity contribution < 1.29 is 13.9 Å². The smallest absolute Gasteiger partial charge is 0.282 e. The quantitative estimate of drug-likeness (QED) is 0.731. The van der Waals surface area contributed by atoms with E-state index in [0.29, 0.717) is 0 Å². The molecule has 1 aromatic heterocycles. The first-order chi connectivity index (χ1) is 6.06. The second kappa shape index (κ2) is 3.66. The molecule has 1 rings (SSSR count). The third-order valence-electron chi connectivity index (χ3n) is 1.64. The van der Waals surface area contributed by atoms with Crippen molar-refractivity contribution in [1.29, 1.82) is 0 Å². The van der Waals surface area contributed by atoms with E-state index in [-0.39, 0.29) is 5.56 Å². The van der Waals surface area contributed by atoms with Crippen molar-refractivity contribution in [3.8, 4) is 0 Å². The summed E-state index contributed by atoms with van der Waals surface area (Å²) in [7, 11) is 1.52. The van der Waals surface area contributed by atoms with Crippen LogP contribution in [0.3, 0.4) is 0 Å². The minimum Gasteiger partial charge on any atom is -0.384 e. The molecule has 1 atom stereocenters. The van der Waals surface area contributed by atoms with E-state index in [1.54, 1.807) is 0 Å². The summed E-state index contributed by atoms with van der Waals surface area (Å²) in [5.74, 6) is 0. The number of aliphatic hydroxyl groups excluding tert-OH is 1. The molecule has 0 amide bonds. The summed E-state index contributed by atoms with van der Waals surface area (Å²) >= 11 is 0. The van der Waals surface area contributed by atoms with Crippen LogP contribution in [-0.2, 0) is 7.05 Å². The Morgan fingerprint density at radius 2 is 2.31 bits per heavy atom. The van der Waals surface area contributed by atoms with E-state index >= 15 is 0 Å². The molecule has 72 valence electrons. The fraction of sp³-hybridized carbons (Fsp3) is 0.375. The number of hydrogen-bond donors (Lipinski definition) is 1. The zero-order valence-electron chi connectivity index (χ0n) is 7.11. The number of aryl methyl sites for hydroxylation is 1. The molecule has 0 aliphatic heterocycles. The lowest BCUT2D eigenvalue weighted by Gasteiger charge is -2.03. The predicted molar refractivity (Wildman–Crippen MR) is 43.3 cm³/mol. The van der Waals surface area contributed by atoms with E-state index in [4.69, 9.17) is 0 Å². The summed E-state index contributed by atoms with van der Waals surface area (Å²) in [6.07, 6.45) is -1.22. The first kappa shape index (κ1) is 9.85. The van der Waals surface area contributed by atoms with Gasteiger partial charge in [-0.15, -0.1) is 6.58 Å². The molecular formula is C8H10F2N2O. The highest BCUT2D eigenvalue weighted by Crippen LogP contribution is 2.26. The van der Waals surface area contributed by atoms with Gasteiger partial charge in [0.1, 0.15) is 11.8 Å². The molecule has 1 heterocycles. The molecule has 5 heteroatoms. The lowest BCUT2D eigenvalue weighted by Crippen LogP contribution is -1.97. The van der Waals surface area contributed by atoms with E-state index < -0.39 is 18.2 Å². The van der Waals surface area contributed by atoms with Crippen molar-refractivity contribution in [3.05, 3.63) is 30.1 Å². The molecule has 0 aliphatic rings. The van der Waals surface area contributed by atoms with Crippen molar-refractivity contribution >= 4 is 0 Å². The number of aromatic nitrogens is 2. The minimum absolute atomic E-state index is 0.104. The number of hydrogen-bond acceptors (Lipinski definition) is 2. The molecule has 0 spiro atoms. The zero-order valence-corrected chi connectivity index (χ0v) is 7.11. The van der Waals surface area contributed by atoms with Crippen LogP contribution in [0.25, 0.3) is 0 Å². The van der Waals surface area contributed by atoms with Crippen molar-refractivity contribution in [2.24, 2.45) is 7.05 Å². The molecule has 0 aliphatic carbocycles. The average Bonchev–Trinajstić information content (AvgIpc) is 2.46. The molecule has 13 heavy (non-hydrogen) atoms. The first-order valence-electron chi connectivity index (χ1n) is 3.68. The van der Waals surface area contributed by atoms with Crippen LogP contribution < -0.4 is 0 Å². The number of rotatable bonds is 3. The SMILES string of the molecule is C=CC(O)c1cn(C)nc1C(F)F. The fourth-order valence-corrected chi connectivity index (χ4v) is 1.05. The van der Waals surface area contributed by atoms with E-state index in [1.165, 1.54) is 24.0 Å². The lowest BCUT2D eigenvalue weighted by molar-refractivity contribution is 0.138. The van der Waals surface area contributed by atoms with Crippen molar-refractivity contribution in [2.45, 2.75) is 12.5 Å². The van der Waals surface area contributed by atoms with Crippen LogP contribution in [0.1, 0.15) is 23.8 Å². The normalized spacial score (nSPS) is 13.3. The van der Waals surface area contributed by atoms with Gasteiger partial charge in [0.25, 0.3) is 6.43 Å².